The molecule has 1 amide bonds. The number of nitriles is 1. The molecule has 9 nitrogen and oxygen atoms in total. The minimum atomic E-state index is -4.88. The summed E-state index contributed by atoms with van der Waals surface area (Å²) in [5, 5.41) is 18.8. The van der Waals surface area contributed by atoms with Crippen molar-refractivity contribution in [1.29, 1.82) is 10.0 Å². The number of carbonyl (C=O) groups is 1. The molecule has 0 spiro atoms. The topological polar surface area (TPSA) is 142 Å². The monoisotopic (exact) mass is 544 g/mol. The highest BCUT2D eigenvalue weighted by molar-refractivity contribution is 7.91. The van der Waals surface area contributed by atoms with Crippen LogP contribution in [0.2, 0.25) is 0 Å². The molecule has 1 aromatic carbocycles. The van der Waals surface area contributed by atoms with E-state index in [0.29, 0.717) is 29.8 Å². The maximum Gasteiger partial charge on any atom is 0.435 e. The molecule has 1 atom stereocenters. The van der Waals surface area contributed by atoms with Crippen molar-refractivity contribution in [2.24, 2.45) is 0 Å². The summed E-state index contributed by atoms with van der Waals surface area (Å²) in [7, 11) is -3.10. The summed E-state index contributed by atoms with van der Waals surface area (Å²) in [6.07, 6.45) is -2.32. The van der Waals surface area contributed by atoms with Gasteiger partial charge >= 0.3 is 6.18 Å². The predicted molar refractivity (Wildman–Crippen MR) is 132 cm³/mol. The third-order valence-corrected chi connectivity index (χ3v) is 7.36. The maximum absolute atomic E-state index is 13.6. The van der Waals surface area contributed by atoms with Crippen molar-refractivity contribution in [3.8, 4) is 17.7 Å². The molecule has 2 heterocycles. The van der Waals surface area contributed by atoms with Crippen molar-refractivity contribution in [2.75, 3.05) is 11.6 Å². The Morgan fingerprint density at radius 1 is 1.21 bits per heavy atom. The molecular weight excluding hydrogens is 521 g/mol. The van der Waals surface area contributed by atoms with Gasteiger partial charge in [-0.3, -0.25) is 9.78 Å². The largest absolute Gasteiger partial charge is 0.435 e. The number of aromatic nitrogens is 3. The molecule has 38 heavy (non-hydrogen) atoms. The van der Waals surface area contributed by atoms with Crippen molar-refractivity contribution in [2.45, 2.75) is 50.1 Å². The van der Waals surface area contributed by atoms with Gasteiger partial charge in [0.2, 0.25) is 0 Å². The van der Waals surface area contributed by atoms with E-state index in [1.165, 1.54) is 30.5 Å². The number of aryl methyl sites for hydroxylation is 2. The van der Waals surface area contributed by atoms with Crippen molar-refractivity contribution in [3.05, 3.63) is 64.1 Å². The molecule has 1 fully saturated rings. The van der Waals surface area contributed by atoms with Crippen LogP contribution in [0.4, 0.5) is 18.9 Å². The van der Waals surface area contributed by atoms with Crippen LogP contribution in [-0.4, -0.2) is 31.6 Å². The Balaban J connectivity index is 1.77. The molecule has 3 aromatic rings. The number of anilines is 1. The van der Waals surface area contributed by atoms with Gasteiger partial charge in [-0.05, 0) is 69.0 Å². The highest BCUT2D eigenvalue weighted by Crippen LogP contribution is 2.48. The van der Waals surface area contributed by atoms with E-state index in [4.69, 9.17) is 9.52 Å². The first-order valence-electron chi connectivity index (χ1n) is 11.3. The highest BCUT2D eigenvalue weighted by atomic mass is 32.2. The molecule has 4 rings (SSSR count). The van der Waals surface area contributed by atoms with Crippen molar-refractivity contribution >= 4 is 21.3 Å². The van der Waals surface area contributed by atoms with Gasteiger partial charge in [-0.1, -0.05) is 6.07 Å². The Labute approximate surface area is 217 Å². The number of halogens is 3. The van der Waals surface area contributed by atoms with Gasteiger partial charge in [-0.25, -0.2) is 8.99 Å². The average molecular weight is 545 g/mol. The van der Waals surface area contributed by atoms with Gasteiger partial charge in [-0.2, -0.15) is 18.4 Å². The SMILES string of the molecule is Cc1cc(C2(C#N)CC2)nc(C)c1Oc1nnc(C(F)(F)F)c(C)c1C(=O)Nc1cccc(S(C)(=N)=O)c1. The first-order valence-corrected chi connectivity index (χ1v) is 13.3. The van der Waals surface area contributed by atoms with Crippen LogP contribution in [-0.2, 0) is 21.3 Å². The molecule has 1 aliphatic carbocycles. The number of nitrogens with zero attached hydrogens (tertiary/aromatic N) is 4. The number of carbonyl (C=O) groups excluding carboxylic acids is 1. The Hall–Kier alpha value is -4.05. The maximum atomic E-state index is 13.6. The van der Waals surface area contributed by atoms with Crippen LogP contribution in [0.15, 0.2) is 35.2 Å². The number of hydrogen-bond acceptors (Lipinski definition) is 8. The van der Waals surface area contributed by atoms with Crippen LogP contribution in [0.25, 0.3) is 0 Å². The summed E-state index contributed by atoms with van der Waals surface area (Å²) in [5.74, 6) is -1.26. The zero-order valence-electron chi connectivity index (χ0n) is 20.9. The van der Waals surface area contributed by atoms with E-state index in [1.807, 2.05) is 0 Å². The van der Waals surface area contributed by atoms with Gasteiger partial charge in [0.25, 0.3) is 11.8 Å². The van der Waals surface area contributed by atoms with E-state index in [0.717, 1.165) is 6.92 Å². The predicted octanol–water partition coefficient (Wildman–Crippen LogP) is 5.45. The zero-order valence-corrected chi connectivity index (χ0v) is 21.7. The van der Waals surface area contributed by atoms with Crippen LogP contribution < -0.4 is 10.1 Å². The summed E-state index contributed by atoms with van der Waals surface area (Å²) in [6.45, 7) is 4.40. The van der Waals surface area contributed by atoms with E-state index in [2.05, 4.69) is 26.6 Å². The lowest BCUT2D eigenvalue weighted by atomic mass is 10.0. The summed E-state index contributed by atoms with van der Waals surface area (Å²) in [6, 6.07) is 9.61. The third-order valence-electron chi connectivity index (χ3n) is 6.20. The second kappa shape index (κ2) is 9.36. The molecule has 1 saturated carbocycles. The van der Waals surface area contributed by atoms with E-state index >= 15 is 0 Å². The highest BCUT2D eigenvalue weighted by Gasteiger charge is 2.47. The number of benzene rings is 1. The van der Waals surface area contributed by atoms with Gasteiger partial charge < -0.3 is 10.1 Å². The number of hydrogen-bond donors (Lipinski definition) is 2. The first kappa shape index (κ1) is 27.0. The fraction of sp³-hybridized carbons (Fsp3) is 0.320. The number of alkyl halides is 3. The van der Waals surface area contributed by atoms with Crippen LogP contribution in [0, 0.1) is 36.9 Å². The number of pyridine rings is 1. The van der Waals surface area contributed by atoms with Crippen LogP contribution in [0.3, 0.4) is 0 Å². The van der Waals surface area contributed by atoms with E-state index in [9.17, 15) is 27.4 Å². The second-order valence-corrected chi connectivity index (χ2v) is 11.4. The van der Waals surface area contributed by atoms with Gasteiger partial charge in [0, 0.05) is 16.8 Å². The Morgan fingerprint density at radius 2 is 1.89 bits per heavy atom. The van der Waals surface area contributed by atoms with Crippen molar-refractivity contribution in [1.82, 2.24) is 15.2 Å². The van der Waals surface area contributed by atoms with Gasteiger partial charge in [0.15, 0.2) is 11.4 Å². The number of nitrogens with one attached hydrogen (secondary N) is 2. The smallest absolute Gasteiger partial charge is 0.435 e. The molecule has 0 radical (unpaired) electrons. The van der Waals surface area contributed by atoms with Crippen LogP contribution >= 0.6 is 0 Å². The van der Waals surface area contributed by atoms with Crippen LogP contribution in [0.5, 0.6) is 11.6 Å². The minimum Gasteiger partial charge on any atom is -0.435 e. The summed E-state index contributed by atoms with van der Waals surface area (Å²) in [5.41, 5.74) is -1.38. The molecule has 13 heteroatoms. The lowest BCUT2D eigenvalue weighted by Gasteiger charge is -2.18. The number of ether oxygens (including phenoxy) is 1. The standard InChI is InChI=1S/C25H23F3N6O3S/c1-13-10-18(24(12-29)8-9-24)31-15(3)20(13)37-23-19(14(2)21(33-34-23)25(26,27)28)22(35)32-16-6-5-7-17(11-16)38(4,30)36/h5-7,10-11,30H,8-9H2,1-4H3,(H,32,35). The molecule has 0 saturated heterocycles. The number of rotatable bonds is 6. The molecule has 1 unspecified atom stereocenters. The Kier molecular flexibility index (Phi) is 6.65. The third kappa shape index (κ3) is 5.17. The molecule has 2 N–H and O–H groups in total. The molecule has 198 valence electrons. The average Bonchev–Trinajstić information content (AvgIpc) is 3.61. The van der Waals surface area contributed by atoms with Gasteiger partial charge in [0.05, 0.1) is 32.6 Å². The molecular formula is C25H23F3N6O3S. The van der Waals surface area contributed by atoms with Gasteiger partial charge in [0.1, 0.15) is 5.56 Å². The molecule has 0 aliphatic heterocycles. The minimum absolute atomic E-state index is 0.120. The second-order valence-electron chi connectivity index (χ2n) is 9.21. The summed E-state index contributed by atoms with van der Waals surface area (Å²) in [4.78, 5) is 17.9. The van der Waals surface area contributed by atoms with E-state index in [1.54, 1.807) is 19.9 Å². The fourth-order valence-corrected chi connectivity index (χ4v) is 4.67. The lowest BCUT2D eigenvalue weighted by Crippen LogP contribution is -2.21. The first-order chi connectivity index (χ1) is 17.7. The van der Waals surface area contributed by atoms with Crippen molar-refractivity contribution in [3.63, 3.8) is 0 Å². The van der Waals surface area contributed by atoms with Crippen LogP contribution in [0.1, 0.15) is 51.4 Å². The summed E-state index contributed by atoms with van der Waals surface area (Å²) >= 11 is 0. The van der Waals surface area contributed by atoms with E-state index in [-0.39, 0.29) is 16.3 Å². The Bertz CT molecular complexity index is 1590. The van der Waals surface area contributed by atoms with Gasteiger partial charge in [-0.15, -0.1) is 10.2 Å². The summed E-state index contributed by atoms with van der Waals surface area (Å²) < 4.78 is 66.6. The molecule has 0 bridgehead atoms. The Morgan fingerprint density at radius 3 is 2.45 bits per heavy atom. The van der Waals surface area contributed by atoms with E-state index < -0.39 is 49.9 Å². The molecule has 2 aromatic heterocycles. The normalized spacial score (nSPS) is 15.7. The molecule has 1 aliphatic rings. The lowest BCUT2D eigenvalue weighted by molar-refractivity contribution is -0.142. The number of amides is 1. The van der Waals surface area contributed by atoms with Crippen molar-refractivity contribution < 1.29 is 26.9 Å². The zero-order chi connectivity index (χ0) is 28.0. The fourth-order valence-electron chi connectivity index (χ4n) is 3.98. The quantitative estimate of drug-likeness (QED) is 0.420.